The summed E-state index contributed by atoms with van der Waals surface area (Å²) in [6.07, 6.45) is 0. The number of benzene rings is 2. The highest BCUT2D eigenvalue weighted by molar-refractivity contribution is 5.94. The molecular weight excluding hydrogens is 218 g/mol. The van der Waals surface area contributed by atoms with E-state index in [9.17, 15) is 9.90 Å². The van der Waals surface area contributed by atoms with E-state index in [0.717, 1.165) is 5.39 Å². The Kier molecular flexibility index (Phi) is 2.97. The van der Waals surface area contributed by atoms with Gasteiger partial charge >= 0.3 is 5.97 Å². The number of hydrogen-bond donors (Lipinski definition) is 2. The van der Waals surface area contributed by atoms with E-state index in [1.807, 2.05) is 18.2 Å². The van der Waals surface area contributed by atoms with Gasteiger partial charge in [0.1, 0.15) is 11.8 Å². The SMILES string of the molecule is COC(=O)[C@@H](N)c1ccc(O)c2ccccc12. The van der Waals surface area contributed by atoms with E-state index in [-0.39, 0.29) is 5.75 Å². The van der Waals surface area contributed by atoms with Crippen LogP contribution in [0.15, 0.2) is 36.4 Å². The minimum atomic E-state index is -0.842. The van der Waals surface area contributed by atoms with Crippen LogP contribution in [-0.2, 0) is 9.53 Å². The van der Waals surface area contributed by atoms with Crippen molar-refractivity contribution < 1.29 is 14.6 Å². The van der Waals surface area contributed by atoms with E-state index in [0.29, 0.717) is 10.9 Å². The maximum absolute atomic E-state index is 11.4. The molecule has 2 rings (SSSR count). The molecule has 0 spiro atoms. The molecule has 1 atom stereocenters. The highest BCUT2D eigenvalue weighted by Gasteiger charge is 2.19. The fourth-order valence-electron chi connectivity index (χ4n) is 1.83. The number of esters is 1. The third-order valence-corrected chi connectivity index (χ3v) is 2.72. The first-order chi connectivity index (χ1) is 8.15. The molecule has 0 saturated heterocycles. The van der Waals surface area contributed by atoms with Gasteiger partial charge in [0.25, 0.3) is 0 Å². The molecule has 4 heteroatoms. The van der Waals surface area contributed by atoms with Gasteiger partial charge in [-0.15, -0.1) is 0 Å². The topological polar surface area (TPSA) is 72.5 Å². The van der Waals surface area contributed by atoms with E-state index >= 15 is 0 Å². The van der Waals surface area contributed by atoms with E-state index in [1.165, 1.54) is 13.2 Å². The third-order valence-electron chi connectivity index (χ3n) is 2.72. The molecule has 88 valence electrons. The molecule has 0 bridgehead atoms. The summed E-state index contributed by atoms with van der Waals surface area (Å²) >= 11 is 0. The summed E-state index contributed by atoms with van der Waals surface area (Å²) in [5.41, 5.74) is 6.45. The Labute approximate surface area is 98.6 Å². The lowest BCUT2D eigenvalue weighted by molar-refractivity contribution is -0.142. The summed E-state index contributed by atoms with van der Waals surface area (Å²) in [6.45, 7) is 0. The lowest BCUT2D eigenvalue weighted by Crippen LogP contribution is -2.22. The van der Waals surface area contributed by atoms with Gasteiger partial charge < -0.3 is 15.6 Å². The predicted octanol–water partition coefficient (Wildman–Crippen LogP) is 1.72. The normalized spacial score (nSPS) is 12.4. The zero-order valence-electron chi connectivity index (χ0n) is 9.38. The fraction of sp³-hybridized carbons (Fsp3) is 0.154. The van der Waals surface area contributed by atoms with E-state index < -0.39 is 12.0 Å². The van der Waals surface area contributed by atoms with Crippen LogP contribution in [0.3, 0.4) is 0 Å². The number of ether oxygens (including phenoxy) is 1. The molecule has 0 aromatic heterocycles. The first-order valence-corrected chi connectivity index (χ1v) is 5.19. The maximum atomic E-state index is 11.4. The Bertz CT molecular complexity index is 566. The molecule has 0 heterocycles. The average Bonchev–Trinajstić information content (AvgIpc) is 2.38. The first kappa shape index (κ1) is 11.4. The number of nitrogens with two attached hydrogens (primary N) is 1. The number of fused-ring (bicyclic) bond motifs is 1. The number of methoxy groups -OCH3 is 1. The predicted molar refractivity (Wildman–Crippen MR) is 64.6 cm³/mol. The molecule has 2 aromatic carbocycles. The van der Waals surface area contributed by atoms with E-state index in [1.54, 1.807) is 12.1 Å². The monoisotopic (exact) mass is 231 g/mol. The molecule has 3 N–H and O–H groups in total. The van der Waals surface area contributed by atoms with Gasteiger partial charge in [-0.3, -0.25) is 4.79 Å². The second-order valence-corrected chi connectivity index (χ2v) is 3.72. The molecule has 4 nitrogen and oxygen atoms in total. The highest BCUT2D eigenvalue weighted by atomic mass is 16.5. The summed E-state index contributed by atoms with van der Waals surface area (Å²) in [4.78, 5) is 11.4. The van der Waals surface area contributed by atoms with Gasteiger partial charge in [0, 0.05) is 5.39 Å². The number of hydrogen-bond acceptors (Lipinski definition) is 4. The van der Waals surface area contributed by atoms with Crippen LogP contribution in [0.1, 0.15) is 11.6 Å². The molecule has 0 unspecified atom stereocenters. The van der Waals surface area contributed by atoms with Crippen molar-refractivity contribution in [3.05, 3.63) is 42.0 Å². The van der Waals surface area contributed by atoms with Gasteiger partial charge in [-0.1, -0.05) is 30.3 Å². The number of phenols is 1. The molecule has 0 aliphatic carbocycles. The number of carbonyl (C=O) groups is 1. The fourth-order valence-corrected chi connectivity index (χ4v) is 1.83. The Morgan fingerprint density at radius 3 is 2.53 bits per heavy atom. The molecule has 0 amide bonds. The van der Waals surface area contributed by atoms with Crippen molar-refractivity contribution in [3.63, 3.8) is 0 Å². The summed E-state index contributed by atoms with van der Waals surface area (Å²) < 4.78 is 4.62. The molecule has 2 aromatic rings. The van der Waals surface area contributed by atoms with Gasteiger partial charge in [-0.25, -0.2) is 0 Å². The van der Waals surface area contributed by atoms with Crippen LogP contribution in [0.5, 0.6) is 5.75 Å². The molecule has 0 saturated carbocycles. The Morgan fingerprint density at radius 1 is 1.24 bits per heavy atom. The van der Waals surface area contributed by atoms with Crippen LogP contribution < -0.4 is 5.73 Å². The smallest absolute Gasteiger partial charge is 0.327 e. The Morgan fingerprint density at radius 2 is 1.88 bits per heavy atom. The number of rotatable bonds is 2. The largest absolute Gasteiger partial charge is 0.507 e. The number of phenolic OH excluding ortho intramolecular Hbond substituents is 1. The summed E-state index contributed by atoms with van der Waals surface area (Å²) in [5.74, 6) is -0.331. The van der Waals surface area contributed by atoms with Gasteiger partial charge in [0.15, 0.2) is 0 Å². The van der Waals surface area contributed by atoms with Gasteiger partial charge in [0.2, 0.25) is 0 Å². The first-order valence-electron chi connectivity index (χ1n) is 5.19. The lowest BCUT2D eigenvalue weighted by Gasteiger charge is -2.13. The van der Waals surface area contributed by atoms with Gasteiger partial charge in [0.05, 0.1) is 7.11 Å². The quantitative estimate of drug-likeness (QED) is 0.772. The van der Waals surface area contributed by atoms with Crippen molar-refractivity contribution in [1.29, 1.82) is 0 Å². The Balaban J connectivity index is 2.63. The minimum absolute atomic E-state index is 0.168. The standard InChI is InChI=1S/C13H13NO3/c1-17-13(16)12(14)10-6-7-11(15)9-5-3-2-4-8(9)10/h2-7,12,15H,14H2,1H3/t12-/m0/s1. The maximum Gasteiger partial charge on any atom is 0.327 e. The number of aromatic hydroxyl groups is 1. The zero-order valence-corrected chi connectivity index (χ0v) is 9.38. The van der Waals surface area contributed by atoms with Crippen LogP contribution in [0.2, 0.25) is 0 Å². The van der Waals surface area contributed by atoms with Crippen LogP contribution in [0.4, 0.5) is 0 Å². The zero-order chi connectivity index (χ0) is 12.4. The average molecular weight is 231 g/mol. The highest BCUT2D eigenvalue weighted by Crippen LogP contribution is 2.30. The van der Waals surface area contributed by atoms with Crippen molar-refractivity contribution in [3.8, 4) is 5.75 Å². The van der Waals surface area contributed by atoms with Crippen LogP contribution >= 0.6 is 0 Å². The van der Waals surface area contributed by atoms with Crippen molar-refractivity contribution >= 4 is 16.7 Å². The van der Waals surface area contributed by atoms with Gasteiger partial charge in [-0.05, 0) is 17.0 Å². The lowest BCUT2D eigenvalue weighted by atomic mass is 9.98. The van der Waals surface area contributed by atoms with Crippen LogP contribution in [0.25, 0.3) is 10.8 Å². The Hall–Kier alpha value is -2.07. The van der Waals surface area contributed by atoms with Crippen molar-refractivity contribution in [2.24, 2.45) is 5.73 Å². The van der Waals surface area contributed by atoms with E-state index in [4.69, 9.17) is 5.73 Å². The molecule has 17 heavy (non-hydrogen) atoms. The summed E-state index contributed by atoms with van der Waals surface area (Å²) in [6, 6.07) is 9.56. The van der Waals surface area contributed by atoms with Crippen LogP contribution in [0, 0.1) is 0 Å². The summed E-state index contributed by atoms with van der Waals surface area (Å²) in [7, 11) is 1.30. The minimum Gasteiger partial charge on any atom is -0.507 e. The third kappa shape index (κ3) is 1.94. The van der Waals surface area contributed by atoms with Gasteiger partial charge in [-0.2, -0.15) is 0 Å². The molecule has 0 aliphatic heterocycles. The molecule has 0 fully saturated rings. The number of carbonyl (C=O) groups excluding carboxylic acids is 1. The van der Waals surface area contributed by atoms with Crippen molar-refractivity contribution in [2.45, 2.75) is 6.04 Å². The second-order valence-electron chi connectivity index (χ2n) is 3.72. The summed E-state index contributed by atoms with van der Waals surface area (Å²) in [5, 5.41) is 11.1. The molecule has 0 radical (unpaired) electrons. The van der Waals surface area contributed by atoms with Crippen molar-refractivity contribution in [2.75, 3.05) is 7.11 Å². The van der Waals surface area contributed by atoms with E-state index in [2.05, 4.69) is 4.74 Å². The molecular formula is C13H13NO3. The second kappa shape index (κ2) is 4.43. The van der Waals surface area contributed by atoms with Crippen molar-refractivity contribution in [1.82, 2.24) is 0 Å². The molecule has 0 aliphatic rings. The van der Waals surface area contributed by atoms with Crippen LogP contribution in [-0.4, -0.2) is 18.2 Å².